The first kappa shape index (κ1) is 23.6. The number of ether oxygens (including phenoxy) is 2. The van der Waals surface area contributed by atoms with Crippen LogP contribution in [0.5, 0.6) is 11.5 Å². The van der Waals surface area contributed by atoms with E-state index in [1.54, 1.807) is 7.11 Å². The first-order valence-corrected chi connectivity index (χ1v) is 11.0. The van der Waals surface area contributed by atoms with Crippen molar-refractivity contribution >= 4 is 16.8 Å². The number of fused-ring (bicyclic) bond motifs is 1. The molecule has 0 aliphatic carbocycles. The van der Waals surface area contributed by atoms with Crippen LogP contribution in [-0.4, -0.2) is 48.5 Å². The molecule has 2 aromatic carbocycles. The van der Waals surface area contributed by atoms with Crippen molar-refractivity contribution in [2.24, 2.45) is 5.73 Å². The average Bonchev–Trinajstić information content (AvgIpc) is 3.18. The van der Waals surface area contributed by atoms with Crippen LogP contribution in [-0.2, 0) is 13.0 Å². The summed E-state index contributed by atoms with van der Waals surface area (Å²) >= 11 is 0. The van der Waals surface area contributed by atoms with Crippen molar-refractivity contribution in [2.75, 3.05) is 26.9 Å². The van der Waals surface area contributed by atoms with Crippen LogP contribution < -0.4 is 20.5 Å². The summed E-state index contributed by atoms with van der Waals surface area (Å²) in [7, 11) is 1.64. The van der Waals surface area contributed by atoms with Crippen molar-refractivity contribution in [2.45, 2.75) is 39.3 Å². The van der Waals surface area contributed by atoms with Gasteiger partial charge in [0.15, 0.2) is 11.5 Å². The number of rotatable bonds is 12. The molecule has 1 atom stereocenters. The molecule has 0 radical (unpaired) electrons. The van der Waals surface area contributed by atoms with Crippen molar-refractivity contribution in [3.05, 3.63) is 59.3 Å². The van der Waals surface area contributed by atoms with Gasteiger partial charge in [0.05, 0.1) is 18.2 Å². The zero-order valence-electron chi connectivity index (χ0n) is 19.1. The largest absolute Gasteiger partial charge is 0.493 e. The van der Waals surface area contributed by atoms with Crippen LogP contribution >= 0.6 is 0 Å². The maximum Gasteiger partial charge on any atom is 0.250 e. The Balaban J connectivity index is 1.60. The third-order valence-corrected chi connectivity index (χ3v) is 5.46. The van der Waals surface area contributed by atoms with Crippen LogP contribution in [0.2, 0.25) is 0 Å². The molecule has 1 amide bonds. The number of hydrogen-bond donors (Lipinski definition) is 3. The van der Waals surface area contributed by atoms with E-state index in [-0.39, 0.29) is 12.6 Å². The summed E-state index contributed by atoms with van der Waals surface area (Å²) in [5.74, 6) is 1.02. The molecular weight excluding hydrogens is 406 g/mol. The maximum absolute atomic E-state index is 12.1. The Hall–Kier alpha value is -3.03. The minimum atomic E-state index is -0.443. The summed E-state index contributed by atoms with van der Waals surface area (Å²) in [4.78, 5) is 12.1. The molecule has 0 spiro atoms. The lowest BCUT2D eigenvalue weighted by atomic mass is 10.0. The van der Waals surface area contributed by atoms with Gasteiger partial charge in [-0.05, 0) is 68.1 Å². The molecule has 3 aromatic rings. The Morgan fingerprint density at radius 3 is 2.75 bits per heavy atom. The first-order chi connectivity index (χ1) is 15.4. The highest BCUT2D eigenvalue weighted by molar-refractivity contribution is 6.05. The fourth-order valence-corrected chi connectivity index (χ4v) is 3.93. The monoisotopic (exact) mass is 439 g/mol. The molecule has 0 aliphatic rings. The molecule has 0 bridgehead atoms. The predicted molar refractivity (Wildman–Crippen MR) is 127 cm³/mol. The van der Waals surface area contributed by atoms with Crippen LogP contribution in [0.3, 0.4) is 0 Å². The smallest absolute Gasteiger partial charge is 0.250 e. The number of carbonyl (C=O) groups excluding carboxylic acids is 1. The normalized spacial score (nSPS) is 12.1. The molecule has 0 saturated carbocycles. The molecule has 1 heterocycles. The van der Waals surface area contributed by atoms with Gasteiger partial charge in [-0.2, -0.15) is 0 Å². The van der Waals surface area contributed by atoms with Crippen molar-refractivity contribution in [1.82, 2.24) is 9.88 Å². The van der Waals surface area contributed by atoms with Gasteiger partial charge >= 0.3 is 0 Å². The predicted octanol–water partition coefficient (Wildman–Crippen LogP) is 3.04. The highest BCUT2D eigenvalue weighted by atomic mass is 16.5. The van der Waals surface area contributed by atoms with Gasteiger partial charge in [0.2, 0.25) is 0 Å². The van der Waals surface area contributed by atoms with Crippen LogP contribution in [0.1, 0.15) is 34.8 Å². The van der Waals surface area contributed by atoms with E-state index in [0.29, 0.717) is 31.7 Å². The molecule has 1 aromatic heterocycles. The van der Waals surface area contributed by atoms with E-state index < -0.39 is 5.91 Å². The molecular formula is C25H33N3O4. The van der Waals surface area contributed by atoms with E-state index in [4.69, 9.17) is 20.3 Å². The molecule has 4 N–H and O–H groups in total. The van der Waals surface area contributed by atoms with Gasteiger partial charge in [0, 0.05) is 37.3 Å². The number of aryl methyl sites for hydroxylation is 2. The lowest BCUT2D eigenvalue weighted by Crippen LogP contribution is -2.32. The van der Waals surface area contributed by atoms with Crippen molar-refractivity contribution in [3.63, 3.8) is 0 Å². The van der Waals surface area contributed by atoms with Gasteiger partial charge in [0.1, 0.15) is 6.61 Å². The fourth-order valence-electron chi connectivity index (χ4n) is 3.93. The average molecular weight is 440 g/mol. The number of aromatic nitrogens is 1. The van der Waals surface area contributed by atoms with Crippen LogP contribution in [0.15, 0.2) is 42.6 Å². The van der Waals surface area contributed by atoms with E-state index >= 15 is 0 Å². The summed E-state index contributed by atoms with van der Waals surface area (Å²) in [5, 5.41) is 13.6. The van der Waals surface area contributed by atoms with Gasteiger partial charge in [-0.15, -0.1) is 0 Å². The number of nitrogens with two attached hydrogens (primary N) is 1. The van der Waals surface area contributed by atoms with E-state index in [1.807, 2.05) is 48.0 Å². The Morgan fingerprint density at radius 2 is 2.03 bits per heavy atom. The fraction of sp³-hybridized carbons (Fsp3) is 0.400. The highest BCUT2D eigenvalue weighted by Gasteiger charge is 2.14. The number of amides is 1. The number of carbonyl (C=O) groups is 1. The second kappa shape index (κ2) is 11.0. The Labute approximate surface area is 189 Å². The Kier molecular flexibility index (Phi) is 8.14. The number of benzene rings is 2. The molecule has 32 heavy (non-hydrogen) atoms. The van der Waals surface area contributed by atoms with Gasteiger partial charge in [-0.1, -0.05) is 6.07 Å². The van der Waals surface area contributed by atoms with Gasteiger partial charge in [-0.3, -0.25) is 4.79 Å². The lowest BCUT2D eigenvalue weighted by Gasteiger charge is -2.16. The molecule has 7 heteroatoms. The van der Waals surface area contributed by atoms with E-state index in [1.165, 1.54) is 0 Å². The molecule has 172 valence electrons. The third-order valence-electron chi connectivity index (χ3n) is 5.46. The second-order valence-electron chi connectivity index (χ2n) is 8.09. The summed E-state index contributed by atoms with van der Waals surface area (Å²) in [6.07, 6.45) is 3.32. The number of methoxy groups -OCH3 is 1. The van der Waals surface area contributed by atoms with Gasteiger partial charge in [-0.25, -0.2) is 0 Å². The Morgan fingerprint density at radius 1 is 1.22 bits per heavy atom. The molecule has 0 aliphatic heterocycles. The first-order valence-electron chi connectivity index (χ1n) is 11.0. The number of hydrogen-bond acceptors (Lipinski definition) is 5. The lowest BCUT2D eigenvalue weighted by molar-refractivity contribution is 0.100. The van der Waals surface area contributed by atoms with Crippen LogP contribution in [0.25, 0.3) is 10.9 Å². The molecule has 0 fully saturated rings. The zero-order valence-corrected chi connectivity index (χ0v) is 19.1. The third kappa shape index (κ3) is 5.81. The van der Waals surface area contributed by atoms with Crippen LogP contribution in [0, 0.1) is 6.92 Å². The second-order valence-corrected chi connectivity index (χ2v) is 8.09. The molecule has 3 rings (SSSR count). The van der Waals surface area contributed by atoms with Gasteiger partial charge in [0.25, 0.3) is 5.91 Å². The minimum absolute atomic E-state index is 0.104. The quantitative estimate of drug-likeness (QED) is 0.377. The maximum atomic E-state index is 12.1. The van der Waals surface area contributed by atoms with Crippen LogP contribution in [0.4, 0.5) is 0 Å². The number of nitrogens with one attached hydrogen (secondary N) is 1. The van der Waals surface area contributed by atoms with Crippen molar-refractivity contribution in [1.29, 1.82) is 0 Å². The number of nitrogens with zero attached hydrogens (tertiary/aromatic N) is 1. The summed E-state index contributed by atoms with van der Waals surface area (Å²) < 4.78 is 13.2. The summed E-state index contributed by atoms with van der Waals surface area (Å²) in [5.41, 5.74) is 9.19. The van der Waals surface area contributed by atoms with E-state index in [2.05, 4.69) is 18.3 Å². The van der Waals surface area contributed by atoms with E-state index in [0.717, 1.165) is 39.9 Å². The van der Waals surface area contributed by atoms with Crippen molar-refractivity contribution in [3.8, 4) is 11.5 Å². The number of aliphatic hydroxyl groups is 1. The number of aliphatic hydroxyl groups excluding tert-OH is 1. The molecule has 7 nitrogen and oxygen atoms in total. The van der Waals surface area contributed by atoms with Crippen molar-refractivity contribution < 1.29 is 19.4 Å². The summed E-state index contributed by atoms with van der Waals surface area (Å²) in [6.45, 7) is 6.06. The summed E-state index contributed by atoms with van der Waals surface area (Å²) in [6, 6.07) is 12.0. The minimum Gasteiger partial charge on any atom is -0.493 e. The van der Waals surface area contributed by atoms with Gasteiger partial charge < -0.3 is 30.2 Å². The SMILES string of the molecule is COc1cc(C)ccc1OCCNC(C)Cc1cc(C(N)=O)c2c(ccn2CCCO)c1. The number of primary amides is 1. The standard InChI is InChI=1S/C25H33N3O4/c1-17-5-6-22(23(13-17)31-3)32-12-8-27-18(2)14-19-15-20-7-10-28(9-4-11-29)24(20)21(16-19)25(26)30/h5-7,10,13,15-16,18,27,29H,4,8-9,11-12,14H2,1-3H3,(H2,26,30). The Bertz CT molecular complexity index is 1060. The molecule has 0 saturated heterocycles. The topological polar surface area (TPSA) is 98.7 Å². The molecule has 1 unspecified atom stereocenters. The highest BCUT2D eigenvalue weighted by Crippen LogP contribution is 2.27. The zero-order chi connectivity index (χ0) is 23.1. The van der Waals surface area contributed by atoms with E-state index in [9.17, 15) is 4.79 Å².